The van der Waals surface area contributed by atoms with Crippen molar-refractivity contribution < 1.29 is 44.5 Å². The Labute approximate surface area is 96.5 Å². The van der Waals surface area contributed by atoms with Crippen molar-refractivity contribution in [2.24, 2.45) is 0 Å². The van der Waals surface area contributed by atoms with Gasteiger partial charge in [-0.2, -0.15) is 0 Å². The summed E-state index contributed by atoms with van der Waals surface area (Å²) in [5.41, 5.74) is 0.160. The van der Waals surface area contributed by atoms with Crippen LogP contribution >= 0.6 is 11.6 Å². The van der Waals surface area contributed by atoms with E-state index in [0.29, 0.717) is 5.02 Å². The monoisotopic (exact) mass is 194 g/mol. The fourth-order valence-corrected chi connectivity index (χ4v) is 0.854. The molecule has 0 spiro atoms. The normalized spacial score (nSPS) is 8.50. The molecule has 12 heavy (non-hydrogen) atoms. The van der Waals surface area contributed by atoms with Crippen molar-refractivity contribution in [2.45, 2.75) is 0 Å². The number of hydrogen-bond donors (Lipinski definition) is 0. The van der Waals surface area contributed by atoms with Crippen molar-refractivity contribution in [3.05, 3.63) is 34.9 Å². The summed E-state index contributed by atoms with van der Waals surface area (Å²) < 4.78 is 0. The van der Waals surface area contributed by atoms with Crippen LogP contribution in [0.3, 0.4) is 0 Å². The molecule has 0 aliphatic carbocycles. The van der Waals surface area contributed by atoms with E-state index in [0.717, 1.165) is 0 Å². The van der Waals surface area contributed by atoms with E-state index < -0.39 is 5.97 Å². The van der Waals surface area contributed by atoms with Crippen LogP contribution in [0.15, 0.2) is 24.3 Å². The third-order valence-electron chi connectivity index (χ3n) is 1.14. The summed E-state index contributed by atoms with van der Waals surface area (Å²) in [5.74, 6) is -0.924. The van der Waals surface area contributed by atoms with Crippen molar-refractivity contribution in [3.8, 4) is 0 Å². The van der Waals surface area contributed by atoms with Crippen LogP contribution < -0.4 is 34.8 Å². The number of carbonyl (C=O) groups is 1. The quantitative estimate of drug-likeness (QED) is 0.289. The summed E-state index contributed by atoms with van der Waals surface area (Å²) >= 11 is 5.54. The first-order valence-electron chi connectivity index (χ1n) is 2.84. The van der Waals surface area contributed by atoms with Gasteiger partial charge < -0.3 is 10.1 Å². The molecule has 1 aromatic carbocycles. The molecule has 3 nitrogen and oxygen atoms in total. The number of carbonyl (C=O) groups excluding carboxylic acids is 1. The zero-order chi connectivity index (χ0) is 8.27. The molecular formula is C7H4ClNaO3. The van der Waals surface area contributed by atoms with E-state index in [1.165, 1.54) is 12.1 Å². The van der Waals surface area contributed by atoms with Crippen LogP contribution in [0, 0.1) is 0 Å². The fourth-order valence-electron chi connectivity index (χ4n) is 0.664. The minimum atomic E-state index is -0.924. The van der Waals surface area contributed by atoms with Crippen LogP contribution in [0.5, 0.6) is 0 Å². The molecule has 0 atom stereocenters. The van der Waals surface area contributed by atoms with Crippen LogP contribution in [0.1, 0.15) is 10.4 Å². The summed E-state index contributed by atoms with van der Waals surface area (Å²) in [5, 5.41) is 10.0. The fraction of sp³-hybridized carbons (Fsp3) is 0. The van der Waals surface area contributed by atoms with E-state index in [2.05, 4.69) is 4.89 Å². The molecule has 1 rings (SSSR count). The topological polar surface area (TPSA) is 49.4 Å². The summed E-state index contributed by atoms with van der Waals surface area (Å²) in [6, 6.07) is 5.98. The molecule has 0 aromatic heterocycles. The van der Waals surface area contributed by atoms with Crippen molar-refractivity contribution in [3.63, 3.8) is 0 Å². The SMILES string of the molecule is O=C(O[O-])c1cccc(Cl)c1.[Na+]. The van der Waals surface area contributed by atoms with E-state index >= 15 is 0 Å². The van der Waals surface area contributed by atoms with E-state index in [1.54, 1.807) is 12.1 Å². The summed E-state index contributed by atoms with van der Waals surface area (Å²) in [4.78, 5) is 13.8. The van der Waals surface area contributed by atoms with E-state index in [1.807, 2.05) is 0 Å². The Morgan fingerprint density at radius 1 is 1.50 bits per heavy atom. The van der Waals surface area contributed by atoms with Crippen LogP contribution in [-0.2, 0) is 4.89 Å². The van der Waals surface area contributed by atoms with Gasteiger partial charge in [-0.1, -0.05) is 17.7 Å². The van der Waals surface area contributed by atoms with E-state index in [4.69, 9.17) is 11.6 Å². The second kappa shape index (κ2) is 5.56. The van der Waals surface area contributed by atoms with Gasteiger partial charge in [-0.25, -0.2) is 4.79 Å². The van der Waals surface area contributed by atoms with Gasteiger partial charge in [0, 0.05) is 5.02 Å². The molecular weight excluding hydrogens is 191 g/mol. The second-order valence-electron chi connectivity index (χ2n) is 1.88. The number of hydrogen-bond acceptors (Lipinski definition) is 3. The molecule has 0 bridgehead atoms. The van der Waals surface area contributed by atoms with Gasteiger partial charge in [0.05, 0.1) is 5.56 Å². The van der Waals surface area contributed by atoms with Gasteiger partial charge in [-0.15, -0.1) is 0 Å². The minimum absolute atomic E-state index is 0. The Bertz CT molecular complexity index is 277. The Morgan fingerprint density at radius 3 is 2.67 bits per heavy atom. The maximum Gasteiger partial charge on any atom is 1.00 e. The molecule has 0 saturated carbocycles. The van der Waals surface area contributed by atoms with Gasteiger partial charge in [-0.3, -0.25) is 0 Å². The van der Waals surface area contributed by atoms with Crippen LogP contribution in [0.4, 0.5) is 0 Å². The third-order valence-corrected chi connectivity index (χ3v) is 1.37. The van der Waals surface area contributed by atoms with Gasteiger partial charge in [0.15, 0.2) is 0 Å². The summed E-state index contributed by atoms with van der Waals surface area (Å²) in [6.45, 7) is 0. The zero-order valence-electron chi connectivity index (χ0n) is 6.41. The smallest absolute Gasteiger partial charge is 0.661 e. The average molecular weight is 195 g/mol. The van der Waals surface area contributed by atoms with Gasteiger partial charge in [0.25, 0.3) is 0 Å². The zero-order valence-corrected chi connectivity index (χ0v) is 9.17. The average Bonchev–Trinajstić information content (AvgIpc) is 2.03. The predicted octanol–water partition coefficient (Wildman–Crippen LogP) is -2.22. The molecule has 0 unspecified atom stereocenters. The largest absolute Gasteiger partial charge is 1.00 e. The van der Waals surface area contributed by atoms with Crippen molar-refractivity contribution >= 4 is 17.6 Å². The Morgan fingerprint density at radius 2 is 2.17 bits per heavy atom. The maximum absolute atomic E-state index is 10.6. The first-order valence-corrected chi connectivity index (χ1v) is 3.21. The molecule has 0 N–H and O–H groups in total. The molecule has 0 amide bonds. The maximum atomic E-state index is 10.6. The van der Waals surface area contributed by atoms with Gasteiger partial charge in [0.2, 0.25) is 0 Å². The van der Waals surface area contributed by atoms with E-state index in [-0.39, 0.29) is 35.1 Å². The minimum Gasteiger partial charge on any atom is -0.661 e. The second-order valence-corrected chi connectivity index (χ2v) is 2.32. The van der Waals surface area contributed by atoms with Crippen molar-refractivity contribution in [1.29, 1.82) is 0 Å². The first-order chi connectivity index (χ1) is 5.24. The van der Waals surface area contributed by atoms with Crippen LogP contribution in [0.2, 0.25) is 5.02 Å². The molecule has 0 aliphatic heterocycles. The molecule has 58 valence electrons. The Balaban J connectivity index is 0.00000121. The Hall–Kier alpha value is -0.0600. The Kier molecular flexibility index (Phi) is 5.53. The molecule has 0 aliphatic rings. The van der Waals surface area contributed by atoms with Crippen LogP contribution in [0.25, 0.3) is 0 Å². The van der Waals surface area contributed by atoms with Crippen molar-refractivity contribution in [1.82, 2.24) is 0 Å². The molecule has 1 aromatic rings. The molecule has 0 saturated heterocycles. The summed E-state index contributed by atoms with van der Waals surface area (Å²) in [7, 11) is 0. The number of rotatable bonds is 1. The van der Waals surface area contributed by atoms with Crippen molar-refractivity contribution in [2.75, 3.05) is 0 Å². The van der Waals surface area contributed by atoms with Gasteiger partial charge >= 0.3 is 35.5 Å². The number of halogens is 1. The molecule has 0 radical (unpaired) electrons. The first kappa shape index (κ1) is 11.9. The number of benzene rings is 1. The van der Waals surface area contributed by atoms with E-state index in [9.17, 15) is 10.1 Å². The van der Waals surface area contributed by atoms with Gasteiger partial charge in [-0.05, 0) is 18.2 Å². The summed E-state index contributed by atoms with van der Waals surface area (Å²) in [6.07, 6.45) is 0. The van der Waals surface area contributed by atoms with Crippen LogP contribution in [-0.4, -0.2) is 5.97 Å². The molecule has 0 heterocycles. The van der Waals surface area contributed by atoms with Gasteiger partial charge in [0.1, 0.15) is 0 Å². The third kappa shape index (κ3) is 3.13. The predicted molar refractivity (Wildman–Crippen MR) is 36.9 cm³/mol. The molecule has 0 fully saturated rings. The standard InChI is InChI=1S/C7H5ClO3.Na/c8-6-3-1-2-5(4-6)7(9)11-10;/h1-4,10H;/q;+1/p-1. The molecule has 5 heteroatoms.